The van der Waals surface area contributed by atoms with Crippen molar-refractivity contribution in [1.29, 1.82) is 0 Å². The maximum absolute atomic E-state index is 11.1. The van der Waals surface area contributed by atoms with Gasteiger partial charge in [0.1, 0.15) is 6.61 Å². The zero-order valence-corrected chi connectivity index (χ0v) is 11.0. The Morgan fingerprint density at radius 3 is 3.05 bits per heavy atom. The average Bonchev–Trinajstić information content (AvgIpc) is 2.77. The van der Waals surface area contributed by atoms with Gasteiger partial charge in [0, 0.05) is 0 Å². The summed E-state index contributed by atoms with van der Waals surface area (Å²) < 4.78 is 14.9. The summed E-state index contributed by atoms with van der Waals surface area (Å²) in [6, 6.07) is 4.73. The number of carbonyl (C=O) groups is 1. The Bertz CT molecular complexity index is 645. The number of aromatic amines is 1. The quantitative estimate of drug-likeness (QED) is 0.754. The van der Waals surface area contributed by atoms with Crippen molar-refractivity contribution < 1.29 is 18.7 Å². The number of ether oxygens (including phenoxy) is 2. The monoisotopic (exact) mass is 280 g/mol. The number of nitrogens with one attached hydrogen (secondary N) is 1. The van der Waals surface area contributed by atoms with Crippen molar-refractivity contribution in [3.05, 3.63) is 34.3 Å². The Balaban J connectivity index is 1.95. The van der Waals surface area contributed by atoms with Gasteiger partial charge in [-0.3, -0.25) is 4.98 Å². The maximum Gasteiger partial charge on any atom is 0.417 e. The summed E-state index contributed by atoms with van der Waals surface area (Å²) in [4.78, 5) is 24.7. The predicted octanol–water partition coefficient (Wildman–Crippen LogP) is 0.701. The van der Waals surface area contributed by atoms with Gasteiger partial charge in [0.05, 0.1) is 24.8 Å². The normalized spacial score (nSPS) is 12.5. The molecule has 0 fully saturated rings. The fourth-order valence-corrected chi connectivity index (χ4v) is 1.76. The van der Waals surface area contributed by atoms with Gasteiger partial charge in [0.15, 0.2) is 5.58 Å². The van der Waals surface area contributed by atoms with Crippen LogP contribution in [0.4, 0.5) is 0 Å². The van der Waals surface area contributed by atoms with Crippen LogP contribution in [0.5, 0.6) is 0 Å². The molecule has 0 spiro atoms. The summed E-state index contributed by atoms with van der Waals surface area (Å²) >= 11 is 0. The highest BCUT2D eigenvalue weighted by Gasteiger charge is 2.10. The minimum Gasteiger partial charge on any atom is -0.464 e. The molecule has 1 aromatic carbocycles. The van der Waals surface area contributed by atoms with Crippen LogP contribution in [0.2, 0.25) is 0 Å². The van der Waals surface area contributed by atoms with Gasteiger partial charge in [-0.05, 0) is 24.6 Å². The van der Waals surface area contributed by atoms with Crippen LogP contribution < -0.4 is 11.5 Å². The van der Waals surface area contributed by atoms with Crippen LogP contribution in [0.25, 0.3) is 11.1 Å². The molecule has 1 aromatic heterocycles. The first kappa shape index (κ1) is 14.3. The van der Waals surface area contributed by atoms with E-state index in [1.807, 2.05) is 0 Å². The van der Waals surface area contributed by atoms with Gasteiger partial charge in [-0.15, -0.1) is 0 Å². The van der Waals surface area contributed by atoms with Crippen molar-refractivity contribution in [2.75, 3.05) is 19.8 Å². The van der Waals surface area contributed by atoms with Crippen molar-refractivity contribution in [3.8, 4) is 0 Å². The van der Waals surface area contributed by atoms with E-state index in [0.29, 0.717) is 17.7 Å². The average molecular weight is 280 g/mol. The number of hydrogen-bond acceptors (Lipinski definition) is 6. The van der Waals surface area contributed by atoms with Crippen LogP contribution in [0, 0.1) is 0 Å². The molecule has 3 N–H and O–H groups in total. The highest BCUT2D eigenvalue weighted by molar-refractivity contribution is 5.73. The lowest BCUT2D eigenvalue weighted by Crippen LogP contribution is -2.20. The van der Waals surface area contributed by atoms with Crippen LogP contribution in [0.1, 0.15) is 18.5 Å². The van der Waals surface area contributed by atoms with Crippen molar-refractivity contribution >= 4 is 17.1 Å². The van der Waals surface area contributed by atoms with Gasteiger partial charge in [0.25, 0.3) is 0 Å². The maximum atomic E-state index is 11.1. The van der Waals surface area contributed by atoms with Crippen molar-refractivity contribution in [1.82, 2.24) is 4.98 Å². The first-order chi connectivity index (χ1) is 9.60. The van der Waals surface area contributed by atoms with E-state index in [9.17, 15) is 9.59 Å². The number of H-pyrrole nitrogens is 1. The van der Waals surface area contributed by atoms with E-state index >= 15 is 0 Å². The van der Waals surface area contributed by atoms with Gasteiger partial charge in [0.2, 0.25) is 0 Å². The lowest BCUT2D eigenvalue weighted by Gasteiger charge is -2.12. The Morgan fingerprint density at radius 2 is 2.30 bits per heavy atom. The van der Waals surface area contributed by atoms with Gasteiger partial charge in [-0.2, -0.15) is 0 Å². The Kier molecular flexibility index (Phi) is 4.54. The van der Waals surface area contributed by atoms with Gasteiger partial charge in [-0.25, -0.2) is 9.59 Å². The van der Waals surface area contributed by atoms with Crippen LogP contribution in [0.3, 0.4) is 0 Å². The number of fused-ring (bicyclic) bond motifs is 1. The second-order valence-corrected chi connectivity index (χ2v) is 4.20. The molecule has 0 aliphatic heterocycles. The highest BCUT2D eigenvalue weighted by atomic mass is 16.6. The molecule has 108 valence electrons. The predicted molar refractivity (Wildman–Crippen MR) is 71.2 cm³/mol. The van der Waals surface area contributed by atoms with Crippen molar-refractivity contribution in [2.45, 2.75) is 13.0 Å². The van der Waals surface area contributed by atoms with E-state index in [0.717, 1.165) is 5.56 Å². The molecule has 1 heterocycles. The fourth-order valence-electron chi connectivity index (χ4n) is 1.76. The number of oxazole rings is 1. The molecule has 2 rings (SSSR count). The first-order valence-corrected chi connectivity index (χ1v) is 6.22. The number of aromatic nitrogens is 1. The van der Waals surface area contributed by atoms with E-state index in [2.05, 4.69) is 4.98 Å². The van der Waals surface area contributed by atoms with E-state index in [-0.39, 0.29) is 13.2 Å². The number of nitrogens with two attached hydrogens (primary N) is 1. The van der Waals surface area contributed by atoms with Crippen LogP contribution in [-0.2, 0) is 14.3 Å². The molecule has 0 radical (unpaired) electrons. The highest BCUT2D eigenvalue weighted by Crippen LogP contribution is 2.17. The van der Waals surface area contributed by atoms with E-state index in [4.69, 9.17) is 19.6 Å². The number of hydrogen-bond donors (Lipinski definition) is 2. The molecule has 7 nitrogen and oxygen atoms in total. The third-order valence-corrected chi connectivity index (χ3v) is 2.70. The summed E-state index contributed by atoms with van der Waals surface area (Å²) in [7, 11) is 0. The third kappa shape index (κ3) is 3.46. The molecule has 0 saturated heterocycles. The SMILES string of the molecule is CCOC(=O)COCC(N)c1ccc2[nH]c(=O)oc2c1. The molecule has 1 unspecified atom stereocenters. The minimum absolute atomic E-state index is 0.136. The third-order valence-electron chi connectivity index (χ3n) is 2.70. The number of esters is 1. The second kappa shape index (κ2) is 6.36. The molecular formula is C13H16N2O5. The number of carbonyl (C=O) groups excluding carboxylic acids is 1. The van der Waals surface area contributed by atoms with Crippen LogP contribution in [-0.4, -0.2) is 30.8 Å². The molecule has 0 saturated carbocycles. The lowest BCUT2D eigenvalue weighted by molar-refractivity contribution is -0.148. The number of rotatable bonds is 6. The lowest BCUT2D eigenvalue weighted by atomic mass is 10.1. The molecular weight excluding hydrogens is 264 g/mol. The van der Waals surface area contributed by atoms with Crippen LogP contribution >= 0.6 is 0 Å². The van der Waals surface area contributed by atoms with E-state index < -0.39 is 17.8 Å². The molecule has 2 aromatic rings. The fraction of sp³-hybridized carbons (Fsp3) is 0.385. The summed E-state index contributed by atoms with van der Waals surface area (Å²) in [5.74, 6) is -0.934. The summed E-state index contributed by atoms with van der Waals surface area (Å²) in [6.45, 7) is 2.07. The Hall–Kier alpha value is -2.12. The molecule has 0 aliphatic rings. The van der Waals surface area contributed by atoms with Crippen molar-refractivity contribution in [3.63, 3.8) is 0 Å². The molecule has 0 aliphatic carbocycles. The topological polar surface area (TPSA) is 108 Å². The summed E-state index contributed by atoms with van der Waals surface area (Å²) in [6.07, 6.45) is 0. The molecule has 0 amide bonds. The summed E-state index contributed by atoms with van der Waals surface area (Å²) in [5.41, 5.74) is 7.75. The first-order valence-electron chi connectivity index (χ1n) is 6.22. The van der Waals surface area contributed by atoms with Gasteiger partial charge >= 0.3 is 11.7 Å². The van der Waals surface area contributed by atoms with E-state index in [1.165, 1.54) is 0 Å². The standard InChI is InChI=1S/C13H16N2O5/c1-2-19-12(16)7-18-6-9(14)8-3-4-10-11(5-8)20-13(17)15-10/h3-5,9H,2,6-7,14H2,1H3,(H,15,17). The Morgan fingerprint density at radius 1 is 1.50 bits per heavy atom. The summed E-state index contributed by atoms with van der Waals surface area (Å²) in [5, 5.41) is 0. The molecule has 0 bridgehead atoms. The van der Waals surface area contributed by atoms with Gasteiger partial charge in [-0.1, -0.05) is 6.07 Å². The largest absolute Gasteiger partial charge is 0.464 e. The van der Waals surface area contributed by atoms with Crippen molar-refractivity contribution in [2.24, 2.45) is 5.73 Å². The Labute approximate surface area is 114 Å². The molecule has 7 heteroatoms. The minimum atomic E-state index is -0.510. The zero-order chi connectivity index (χ0) is 14.5. The van der Waals surface area contributed by atoms with Crippen LogP contribution in [0.15, 0.2) is 27.4 Å². The second-order valence-electron chi connectivity index (χ2n) is 4.20. The molecule has 1 atom stereocenters. The van der Waals surface area contributed by atoms with Gasteiger partial charge < -0.3 is 19.6 Å². The molecule has 20 heavy (non-hydrogen) atoms. The zero-order valence-electron chi connectivity index (χ0n) is 11.0. The van der Waals surface area contributed by atoms with E-state index in [1.54, 1.807) is 25.1 Å². The smallest absolute Gasteiger partial charge is 0.417 e. The number of benzene rings is 1.